The van der Waals surface area contributed by atoms with Crippen LogP contribution in [0.4, 0.5) is 4.39 Å². The van der Waals surface area contributed by atoms with Crippen LogP contribution in [0.25, 0.3) is 11.1 Å². The highest BCUT2D eigenvalue weighted by atomic mass is 35.5. The number of carbonyl (C=O) groups excluding carboxylic acids is 1. The number of carbonyl (C=O) groups is 1. The standard InChI is InChI=1S/C27H26ClFN4O2/c1-16-19(11-13-35-16)21-8-3-4-9-22(21)27(34)32-24-20(17-6-5-7-18(29)14-17)10-12-30-25(24)26-23(28)15-31-33(26)2/h3-9,11,13-15,20,24-25,30H,10,12H2,1-2H3,(H,32,34)/t20-,24-,25?/m0/s1. The molecule has 2 aromatic heterocycles. The molecule has 6 nitrogen and oxygen atoms in total. The number of aryl methyl sites for hydroxylation is 2. The molecule has 0 bridgehead atoms. The third-order valence-electron chi connectivity index (χ3n) is 6.74. The molecular formula is C27H26ClFN4O2. The van der Waals surface area contributed by atoms with Gasteiger partial charge in [-0.1, -0.05) is 41.9 Å². The van der Waals surface area contributed by atoms with Gasteiger partial charge in [-0.3, -0.25) is 9.48 Å². The third-order valence-corrected chi connectivity index (χ3v) is 7.03. The molecule has 8 heteroatoms. The number of aromatic nitrogens is 2. The number of amides is 1. The topological polar surface area (TPSA) is 72.1 Å². The van der Waals surface area contributed by atoms with Crippen molar-refractivity contribution < 1.29 is 13.6 Å². The number of benzene rings is 2. The summed E-state index contributed by atoms with van der Waals surface area (Å²) >= 11 is 6.52. The molecule has 2 aromatic carbocycles. The lowest BCUT2D eigenvalue weighted by Gasteiger charge is -2.40. The van der Waals surface area contributed by atoms with Crippen LogP contribution in [-0.4, -0.2) is 28.3 Å². The number of halogens is 2. The van der Waals surface area contributed by atoms with E-state index in [0.29, 0.717) is 17.1 Å². The first-order valence-electron chi connectivity index (χ1n) is 11.5. The lowest BCUT2D eigenvalue weighted by molar-refractivity contribution is 0.0907. The molecule has 2 N–H and O–H groups in total. The summed E-state index contributed by atoms with van der Waals surface area (Å²) in [6.45, 7) is 2.56. The van der Waals surface area contributed by atoms with Crippen molar-refractivity contribution in [3.63, 3.8) is 0 Å². The van der Waals surface area contributed by atoms with E-state index >= 15 is 0 Å². The van der Waals surface area contributed by atoms with Gasteiger partial charge in [-0.05, 0) is 55.3 Å². The van der Waals surface area contributed by atoms with E-state index in [0.717, 1.165) is 34.6 Å². The van der Waals surface area contributed by atoms with Gasteiger partial charge in [0.15, 0.2) is 0 Å². The predicted molar refractivity (Wildman–Crippen MR) is 133 cm³/mol. The summed E-state index contributed by atoms with van der Waals surface area (Å²) in [6, 6.07) is 15.2. The largest absolute Gasteiger partial charge is 0.469 e. The fourth-order valence-electron chi connectivity index (χ4n) is 5.07. The van der Waals surface area contributed by atoms with Crippen LogP contribution in [0.1, 0.15) is 45.8 Å². The predicted octanol–water partition coefficient (Wildman–Crippen LogP) is 5.40. The second kappa shape index (κ2) is 9.68. The molecule has 1 aliphatic rings. The Morgan fingerprint density at radius 3 is 2.74 bits per heavy atom. The zero-order chi connectivity index (χ0) is 24.5. The van der Waals surface area contributed by atoms with Gasteiger partial charge in [0.1, 0.15) is 11.6 Å². The zero-order valence-corrected chi connectivity index (χ0v) is 20.2. The number of hydrogen-bond donors (Lipinski definition) is 2. The highest BCUT2D eigenvalue weighted by Crippen LogP contribution is 2.38. The first-order chi connectivity index (χ1) is 16.9. The number of furan rings is 1. The van der Waals surface area contributed by atoms with Crippen molar-refractivity contribution in [3.05, 3.63) is 100 Å². The van der Waals surface area contributed by atoms with E-state index in [-0.39, 0.29) is 23.7 Å². The number of rotatable bonds is 5. The van der Waals surface area contributed by atoms with Crippen LogP contribution in [-0.2, 0) is 7.05 Å². The monoisotopic (exact) mass is 492 g/mol. The summed E-state index contributed by atoms with van der Waals surface area (Å²) in [5.41, 5.74) is 3.80. The molecule has 0 saturated carbocycles. The summed E-state index contributed by atoms with van der Waals surface area (Å²) in [5, 5.41) is 11.6. The van der Waals surface area contributed by atoms with Gasteiger partial charge < -0.3 is 15.1 Å². The Balaban J connectivity index is 1.56. The van der Waals surface area contributed by atoms with Crippen molar-refractivity contribution in [3.8, 4) is 11.1 Å². The minimum atomic E-state index is -0.399. The van der Waals surface area contributed by atoms with Gasteiger partial charge in [0.25, 0.3) is 5.91 Å². The van der Waals surface area contributed by atoms with Gasteiger partial charge in [0.05, 0.1) is 35.3 Å². The van der Waals surface area contributed by atoms with Crippen molar-refractivity contribution >= 4 is 17.5 Å². The second-order valence-corrected chi connectivity index (χ2v) is 9.23. The lowest BCUT2D eigenvalue weighted by atomic mass is 9.80. The molecular weight excluding hydrogens is 467 g/mol. The van der Waals surface area contributed by atoms with Crippen LogP contribution in [0.5, 0.6) is 0 Å². The van der Waals surface area contributed by atoms with Gasteiger partial charge >= 0.3 is 0 Å². The molecule has 1 unspecified atom stereocenters. The van der Waals surface area contributed by atoms with E-state index in [1.165, 1.54) is 6.07 Å². The lowest BCUT2D eigenvalue weighted by Crippen LogP contribution is -2.52. The molecule has 1 fully saturated rings. The van der Waals surface area contributed by atoms with Crippen LogP contribution in [0.2, 0.25) is 5.02 Å². The van der Waals surface area contributed by atoms with Gasteiger partial charge in [-0.25, -0.2) is 4.39 Å². The molecule has 180 valence electrons. The van der Waals surface area contributed by atoms with Crippen molar-refractivity contribution in [2.45, 2.75) is 31.3 Å². The van der Waals surface area contributed by atoms with Crippen molar-refractivity contribution in [2.75, 3.05) is 6.54 Å². The average Bonchev–Trinajstić information content (AvgIpc) is 3.43. The maximum Gasteiger partial charge on any atom is 0.252 e. The number of piperidine rings is 1. The second-order valence-electron chi connectivity index (χ2n) is 8.82. The molecule has 35 heavy (non-hydrogen) atoms. The Bertz CT molecular complexity index is 1350. The van der Waals surface area contributed by atoms with E-state index < -0.39 is 6.04 Å². The SMILES string of the molecule is Cc1occc1-c1ccccc1C(=O)N[C@@H]1C(c2c(Cl)cnn2C)NCC[C@H]1c1cccc(F)c1. The van der Waals surface area contributed by atoms with Gasteiger partial charge in [-0.2, -0.15) is 5.10 Å². The molecule has 5 rings (SSSR count). The molecule has 3 heterocycles. The van der Waals surface area contributed by atoms with E-state index in [2.05, 4.69) is 15.7 Å². The van der Waals surface area contributed by atoms with Crippen molar-refractivity contribution in [2.24, 2.45) is 7.05 Å². The fourth-order valence-corrected chi connectivity index (χ4v) is 5.36. The molecule has 1 saturated heterocycles. The highest BCUT2D eigenvalue weighted by Gasteiger charge is 2.39. The Morgan fingerprint density at radius 1 is 1.20 bits per heavy atom. The van der Waals surface area contributed by atoms with Gasteiger partial charge in [0.2, 0.25) is 0 Å². The molecule has 0 radical (unpaired) electrons. The Kier molecular flexibility index (Phi) is 6.45. The summed E-state index contributed by atoms with van der Waals surface area (Å²) in [5.74, 6) is 0.0815. The number of hydrogen-bond acceptors (Lipinski definition) is 4. The van der Waals surface area contributed by atoms with Crippen LogP contribution < -0.4 is 10.6 Å². The summed E-state index contributed by atoms with van der Waals surface area (Å²) in [6.07, 6.45) is 3.94. The smallest absolute Gasteiger partial charge is 0.252 e. The average molecular weight is 493 g/mol. The fraction of sp³-hybridized carbons (Fsp3) is 0.259. The van der Waals surface area contributed by atoms with Gasteiger partial charge in [-0.15, -0.1) is 0 Å². The van der Waals surface area contributed by atoms with E-state index in [9.17, 15) is 9.18 Å². The minimum absolute atomic E-state index is 0.130. The van der Waals surface area contributed by atoms with E-state index in [1.807, 2.05) is 44.3 Å². The zero-order valence-electron chi connectivity index (χ0n) is 19.5. The maximum atomic E-state index is 14.2. The van der Waals surface area contributed by atoms with Crippen LogP contribution >= 0.6 is 11.6 Å². The van der Waals surface area contributed by atoms with Crippen molar-refractivity contribution in [1.82, 2.24) is 20.4 Å². The van der Waals surface area contributed by atoms with E-state index in [4.69, 9.17) is 16.0 Å². The molecule has 4 aromatic rings. The van der Waals surface area contributed by atoms with Crippen LogP contribution in [0.3, 0.4) is 0 Å². The third kappa shape index (κ3) is 4.49. The van der Waals surface area contributed by atoms with Crippen LogP contribution in [0.15, 0.2) is 71.5 Å². The van der Waals surface area contributed by atoms with E-state index in [1.54, 1.807) is 35.3 Å². The molecule has 0 aliphatic carbocycles. The van der Waals surface area contributed by atoms with Crippen molar-refractivity contribution in [1.29, 1.82) is 0 Å². The Hall–Kier alpha value is -3.42. The van der Waals surface area contributed by atoms with Gasteiger partial charge in [0, 0.05) is 24.1 Å². The maximum absolute atomic E-state index is 14.2. The quantitative estimate of drug-likeness (QED) is 0.391. The van der Waals surface area contributed by atoms with Crippen LogP contribution in [0, 0.1) is 12.7 Å². The molecule has 3 atom stereocenters. The Labute approximate surface area is 208 Å². The first-order valence-corrected chi connectivity index (χ1v) is 11.9. The summed E-state index contributed by atoms with van der Waals surface area (Å²) in [4.78, 5) is 13.8. The molecule has 0 spiro atoms. The highest BCUT2D eigenvalue weighted by molar-refractivity contribution is 6.31. The normalized spacial score (nSPS) is 20.1. The first kappa shape index (κ1) is 23.3. The molecule has 1 amide bonds. The number of nitrogens with one attached hydrogen (secondary N) is 2. The number of nitrogens with zero attached hydrogens (tertiary/aromatic N) is 2. The summed E-state index contributed by atoms with van der Waals surface area (Å²) in [7, 11) is 1.82. The minimum Gasteiger partial charge on any atom is -0.469 e. The Morgan fingerprint density at radius 2 is 2.03 bits per heavy atom. The summed E-state index contributed by atoms with van der Waals surface area (Å²) < 4.78 is 21.4. The molecule has 1 aliphatic heterocycles.